The second-order valence-corrected chi connectivity index (χ2v) is 7.01. The van der Waals surface area contributed by atoms with Gasteiger partial charge in [0.2, 0.25) is 0 Å². The number of hydrogen-bond donors (Lipinski definition) is 2. The SMILES string of the molecule is CC1C(N)CCc2c(-c3cnc4ccccc4c3)c3c(N)ncnc3n21. The van der Waals surface area contributed by atoms with Crippen LogP contribution < -0.4 is 11.5 Å². The summed E-state index contributed by atoms with van der Waals surface area (Å²) in [5.74, 6) is 0.501. The monoisotopic (exact) mass is 344 g/mol. The van der Waals surface area contributed by atoms with Gasteiger partial charge < -0.3 is 16.0 Å². The minimum atomic E-state index is 0.108. The van der Waals surface area contributed by atoms with Crippen LogP contribution in [-0.4, -0.2) is 25.6 Å². The summed E-state index contributed by atoms with van der Waals surface area (Å²) >= 11 is 0. The Labute approximate surface area is 150 Å². The zero-order valence-corrected chi connectivity index (χ0v) is 14.6. The van der Waals surface area contributed by atoms with E-state index in [1.54, 1.807) is 0 Å². The molecule has 2 unspecified atom stereocenters. The van der Waals surface area contributed by atoms with Crippen LogP contribution in [0.4, 0.5) is 5.82 Å². The molecule has 4 N–H and O–H groups in total. The van der Waals surface area contributed by atoms with E-state index in [9.17, 15) is 0 Å². The Kier molecular flexibility index (Phi) is 3.24. The second-order valence-electron chi connectivity index (χ2n) is 7.01. The van der Waals surface area contributed by atoms with Crippen LogP contribution in [0.15, 0.2) is 42.9 Å². The van der Waals surface area contributed by atoms with Crippen LogP contribution in [-0.2, 0) is 6.42 Å². The highest BCUT2D eigenvalue weighted by Crippen LogP contribution is 2.42. The molecule has 4 aromatic rings. The van der Waals surface area contributed by atoms with Crippen molar-refractivity contribution in [1.29, 1.82) is 0 Å². The van der Waals surface area contributed by atoms with Crippen LogP contribution in [0.1, 0.15) is 25.1 Å². The number of nitrogens with zero attached hydrogens (tertiary/aromatic N) is 4. The molecule has 1 aliphatic rings. The Hall–Kier alpha value is -2.99. The van der Waals surface area contributed by atoms with Crippen LogP contribution in [0.3, 0.4) is 0 Å². The van der Waals surface area contributed by atoms with Crippen molar-refractivity contribution in [3.05, 3.63) is 48.5 Å². The Morgan fingerprint density at radius 3 is 2.88 bits per heavy atom. The van der Waals surface area contributed by atoms with Gasteiger partial charge in [-0.3, -0.25) is 4.98 Å². The molecule has 0 fully saturated rings. The first-order valence-electron chi connectivity index (χ1n) is 8.89. The van der Waals surface area contributed by atoms with Gasteiger partial charge in [0.15, 0.2) is 0 Å². The molecular weight excluding hydrogens is 324 g/mol. The molecule has 0 bridgehead atoms. The van der Waals surface area contributed by atoms with E-state index in [0.717, 1.165) is 45.9 Å². The molecule has 4 heterocycles. The van der Waals surface area contributed by atoms with E-state index in [1.165, 1.54) is 12.0 Å². The van der Waals surface area contributed by atoms with E-state index in [4.69, 9.17) is 11.5 Å². The summed E-state index contributed by atoms with van der Waals surface area (Å²) in [5.41, 5.74) is 17.8. The highest BCUT2D eigenvalue weighted by atomic mass is 15.1. The topological polar surface area (TPSA) is 95.6 Å². The van der Waals surface area contributed by atoms with Crippen molar-refractivity contribution in [1.82, 2.24) is 19.5 Å². The summed E-state index contributed by atoms with van der Waals surface area (Å²) in [6, 6.07) is 10.6. The first-order valence-corrected chi connectivity index (χ1v) is 8.89. The number of hydrogen-bond acceptors (Lipinski definition) is 5. The van der Waals surface area contributed by atoms with Crippen LogP contribution in [0.2, 0.25) is 0 Å². The van der Waals surface area contributed by atoms with Gasteiger partial charge in [0.05, 0.1) is 10.9 Å². The van der Waals surface area contributed by atoms with Gasteiger partial charge in [-0.25, -0.2) is 9.97 Å². The Morgan fingerprint density at radius 2 is 2.00 bits per heavy atom. The highest BCUT2D eigenvalue weighted by molar-refractivity contribution is 6.03. The molecule has 3 aromatic heterocycles. The molecule has 0 spiro atoms. The maximum absolute atomic E-state index is 6.34. The van der Waals surface area contributed by atoms with Crippen molar-refractivity contribution in [3.8, 4) is 11.1 Å². The van der Waals surface area contributed by atoms with Gasteiger partial charge in [-0.1, -0.05) is 18.2 Å². The van der Waals surface area contributed by atoms with Gasteiger partial charge in [-0.15, -0.1) is 0 Å². The quantitative estimate of drug-likeness (QED) is 0.553. The molecule has 2 atom stereocenters. The standard InChI is InChI=1S/C20H20N6/c1-11-14(21)6-7-16-17(18-19(22)24-10-25-20(18)26(11)16)13-8-12-4-2-3-5-15(12)23-9-13/h2-5,8-11,14H,6-7,21H2,1H3,(H2,22,24,25). The Bertz CT molecular complexity index is 1150. The van der Waals surface area contributed by atoms with E-state index in [-0.39, 0.29) is 12.1 Å². The maximum atomic E-state index is 6.34. The summed E-state index contributed by atoms with van der Waals surface area (Å²) in [7, 11) is 0. The molecule has 6 heteroatoms. The molecule has 130 valence electrons. The van der Waals surface area contributed by atoms with Gasteiger partial charge in [-0.2, -0.15) is 0 Å². The van der Waals surface area contributed by atoms with E-state index in [1.807, 2.05) is 24.4 Å². The first-order chi connectivity index (χ1) is 12.6. The average Bonchev–Trinajstić information content (AvgIpc) is 3.00. The highest BCUT2D eigenvalue weighted by Gasteiger charge is 2.30. The van der Waals surface area contributed by atoms with Crippen molar-refractivity contribution < 1.29 is 0 Å². The fraction of sp³-hybridized carbons (Fsp3) is 0.250. The Balaban J connectivity index is 1.87. The smallest absolute Gasteiger partial charge is 0.146 e. The average molecular weight is 344 g/mol. The molecule has 0 saturated heterocycles. The molecular formula is C20H20N6. The molecule has 0 aliphatic carbocycles. The Morgan fingerprint density at radius 1 is 1.15 bits per heavy atom. The maximum Gasteiger partial charge on any atom is 0.146 e. The lowest BCUT2D eigenvalue weighted by Gasteiger charge is -2.29. The second kappa shape index (κ2) is 5.51. The van der Waals surface area contributed by atoms with Crippen LogP contribution in [0.25, 0.3) is 33.1 Å². The number of pyridine rings is 1. The lowest BCUT2D eigenvalue weighted by atomic mass is 9.94. The van der Waals surface area contributed by atoms with Gasteiger partial charge in [0, 0.05) is 40.5 Å². The molecule has 0 saturated carbocycles. The largest absolute Gasteiger partial charge is 0.383 e. The normalized spacial score (nSPS) is 19.8. The van der Waals surface area contributed by atoms with Gasteiger partial charge in [0.25, 0.3) is 0 Å². The molecule has 5 rings (SSSR count). The predicted molar refractivity (Wildman–Crippen MR) is 104 cm³/mol. The first kappa shape index (κ1) is 15.3. The summed E-state index contributed by atoms with van der Waals surface area (Å²) in [5, 5.41) is 2.01. The molecule has 26 heavy (non-hydrogen) atoms. The summed E-state index contributed by atoms with van der Waals surface area (Å²) in [6.07, 6.45) is 5.28. The zero-order chi connectivity index (χ0) is 17.8. The predicted octanol–water partition coefficient (Wildman–Crippen LogP) is 3.06. The van der Waals surface area contributed by atoms with E-state index in [0.29, 0.717) is 5.82 Å². The summed E-state index contributed by atoms with van der Waals surface area (Å²) < 4.78 is 2.24. The summed E-state index contributed by atoms with van der Waals surface area (Å²) in [4.78, 5) is 13.4. The summed E-state index contributed by atoms with van der Waals surface area (Å²) in [6.45, 7) is 2.15. The van der Waals surface area contributed by atoms with Crippen LogP contribution in [0, 0.1) is 0 Å². The third kappa shape index (κ3) is 2.05. The third-order valence-corrected chi connectivity index (χ3v) is 5.53. The van der Waals surface area contributed by atoms with Crippen molar-refractivity contribution in [3.63, 3.8) is 0 Å². The van der Waals surface area contributed by atoms with Crippen molar-refractivity contribution in [2.45, 2.75) is 31.8 Å². The lowest BCUT2D eigenvalue weighted by Crippen LogP contribution is -2.35. The fourth-order valence-electron chi connectivity index (χ4n) is 4.14. The van der Waals surface area contributed by atoms with Crippen molar-refractivity contribution in [2.24, 2.45) is 5.73 Å². The minimum absolute atomic E-state index is 0.108. The number of para-hydroxylation sites is 1. The molecule has 0 radical (unpaired) electrons. The number of nitrogen functional groups attached to an aromatic ring is 1. The van der Waals surface area contributed by atoms with Gasteiger partial charge >= 0.3 is 0 Å². The number of anilines is 1. The van der Waals surface area contributed by atoms with Crippen LogP contribution in [0.5, 0.6) is 0 Å². The zero-order valence-electron chi connectivity index (χ0n) is 14.6. The fourth-order valence-corrected chi connectivity index (χ4v) is 4.14. The van der Waals surface area contributed by atoms with E-state index >= 15 is 0 Å². The molecule has 1 aromatic carbocycles. The number of rotatable bonds is 1. The van der Waals surface area contributed by atoms with E-state index in [2.05, 4.69) is 38.6 Å². The number of benzene rings is 1. The van der Waals surface area contributed by atoms with Crippen molar-refractivity contribution >= 4 is 27.8 Å². The lowest BCUT2D eigenvalue weighted by molar-refractivity contribution is 0.380. The minimum Gasteiger partial charge on any atom is -0.383 e. The molecule has 1 aliphatic heterocycles. The van der Waals surface area contributed by atoms with Gasteiger partial charge in [0.1, 0.15) is 17.8 Å². The number of aromatic nitrogens is 4. The molecule has 6 nitrogen and oxygen atoms in total. The number of nitrogens with two attached hydrogens (primary N) is 2. The van der Waals surface area contributed by atoms with Crippen LogP contribution >= 0.6 is 0 Å². The van der Waals surface area contributed by atoms with Gasteiger partial charge in [-0.05, 0) is 31.9 Å². The van der Waals surface area contributed by atoms with Crippen molar-refractivity contribution in [2.75, 3.05) is 5.73 Å². The number of fused-ring (bicyclic) bond motifs is 4. The third-order valence-electron chi connectivity index (χ3n) is 5.53. The molecule has 0 amide bonds. The van der Waals surface area contributed by atoms with E-state index < -0.39 is 0 Å².